The van der Waals surface area contributed by atoms with Crippen LogP contribution in [0.4, 0.5) is 5.95 Å². The minimum absolute atomic E-state index is 0.254. The number of hydrogen-bond acceptors (Lipinski definition) is 2. The SMILES string of the molecule is Cc1cn(C)c(NC2(C)CCCCC2)n1. The summed E-state index contributed by atoms with van der Waals surface area (Å²) in [6.45, 7) is 4.35. The molecule has 0 amide bonds. The Labute approximate surface area is 91.9 Å². The number of hydrogen-bond donors (Lipinski definition) is 1. The first-order valence-corrected chi connectivity index (χ1v) is 5.87. The molecule has 3 nitrogen and oxygen atoms in total. The van der Waals surface area contributed by atoms with Crippen molar-refractivity contribution in [3.63, 3.8) is 0 Å². The van der Waals surface area contributed by atoms with Gasteiger partial charge in [0, 0.05) is 18.8 Å². The van der Waals surface area contributed by atoms with Gasteiger partial charge >= 0.3 is 0 Å². The summed E-state index contributed by atoms with van der Waals surface area (Å²) in [4.78, 5) is 4.50. The molecule has 1 fully saturated rings. The van der Waals surface area contributed by atoms with E-state index in [2.05, 4.69) is 35.0 Å². The highest BCUT2D eigenvalue weighted by Crippen LogP contribution is 2.30. The van der Waals surface area contributed by atoms with Crippen molar-refractivity contribution in [1.29, 1.82) is 0 Å². The third-order valence-corrected chi connectivity index (χ3v) is 3.37. The lowest BCUT2D eigenvalue weighted by Crippen LogP contribution is -2.37. The molecule has 0 atom stereocenters. The van der Waals surface area contributed by atoms with Crippen LogP contribution in [0.25, 0.3) is 0 Å². The standard InChI is InChI=1S/C12H21N3/c1-10-9-15(3)11(13-10)14-12(2)7-5-4-6-8-12/h9H,4-8H2,1-3H3,(H,13,14). The van der Waals surface area contributed by atoms with Crippen molar-refractivity contribution in [2.24, 2.45) is 7.05 Å². The molecule has 15 heavy (non-hydrogen) atoms. The summed E-state index contributed by atoms with van der Waals surface area (Å²) in [5.41, 5.74) is 1.34. The Kier molecular flexibility index (Phi) is 2.72. The van der Waals surface area contributed by atoms with Gasteiger partial charge in [0.05, 0.1) is 5.69 Å². The normalized spacial score (nSPS) is 20.2. The van der Waals surface area contributed by atoms with Gasteiger partial charge in [-0.1, -0.05) is 19.3 Å². The minimum Gasteiger partial charge on any atom is -0.351 e. The Balaban J connectivity index is 2.09. The zero-order chi connectivity index (χ0) is 10.9. The monoisotopic (exact) mass is 207 g/mol. The summed E-state index contributed by atoms with van der Waals surface area (Å²) >= 11 is 0. The van der Waals surface area contributed by atoms with E-state index in [4.69, 9.17) is 0 Å². The van der Waals surface area contributed by atoms with Gasteiger partial charge in [-0.2, -0.15) is 0 Å². The average molecular weight is 207 g/mol. The number of nitrogens with one attached hydrogen (secondary N) is 1. The van der Waals surface area contributed by atoms with E-state index in [1.165, 1.54) is 32.1 Å². The van der Waals surface area contributed by atoms with Gasteiger partial charge in [-0.25, -0.2) is 4.98 Å². The lowest BCUT2D eigenvalue weighted by molar-refractivity contribution is 0.347. The van der Waals surface area contributed by atoms with Crippen molar-refractivity contribution in [3.8, 4) is 0 Å². The zero-order valence-corrected chi connectivity index (χ0v) is 10.0. The van der Waals surface area contributed by atoms with Crippen molar-refractivity contribution in [1.82, 2.24) is 9.55 Å². The second-order valence-corrected chi connectivity index (χ2v) is 5.06. The van der Waals surface area contributed by atoms with Crippen LogP contribution < -0.4 is 5.32 Å². The largest absolute Gasteiger partial charge is 0.351 e. The van der Waals surface area contributed by atoms with Crippen molar-refractivity contribution in [2.45, 2.75) is 51.5 Å². The second-order valence-electron chi connectivity index (χ2n) is 5.06. The molecule has 0 aromatic carbocycles. The summed E-state index contributed by atoms with van der Waals surface area (Å²) in [6.07, 6.45) is 8.66. The van der Waals surface area contributed by atoms with Crippen LogP contribution in [-0.2, 0) is 7.05 Å². The van der Waals surface area contributed by atoms with E-state index in [-0.39, 0.29) is 5.54 Å². The molecule has 2 rings (SSSR count). The topological polar surface area (TPSA) is 29.9 Å². The highest BCUT2D eigenvalue weighted by Gasteiger charge is 2.27. The predicted molar refractivity (Wildman–Crippen MR) is 63.1 cm³/mol. The van der Waals surface area contributed by atoms with Crippen LogP contribution in [0.1, 0.15) is 44.7 Å². The van der Waals surface area contributed by atoms with Crippen LogP contribution in [-0.4, -0.2) is 15.1 Å². The molecule has 0 radical (unpaired) electrons. The van der Waals surface area contributed by atoms with Crippen molar-refractivity contribution in [2.75, 3.05) is 5.32 Å². The van der Waals surface area contributed by atoms with E-state index in [9.17, 15) is 0 Å². The smallest absolute Gasteiger partial charge is 0.203 e. The van der Waals surface area contributed by atoms with E-state index < -0.39 is 0 Å². The molecule has 84 valence electrons. The molecule has 0 bridgehead atoms. The number of aryl methyl sites for hydroxylation is 2. The molecule has 0 saturated heterocycles. The van der Waals surface area contributed by atoms with Gasteiger partial charge in [0.15, 0.2) is 0 Å². The minimum atomic E-state index is 0.254. The summed E-state index contributed by atoms with van der Waals surface area (Å²) in [5, 5.41) is 3.60. The Bertz CT molecular complexity index is 335. The number of nitrogens with zero attached hydrogens (tertiary/aromatic N) is 2. The maximum atomic E-state index is 4.50. The first-order valence-electron chi connectivity index (χ1n) is 5.87. The Morgan fingerprint density at radius 3 is 2.53 bits per heavy atom. The number of anilines is 1. The Hall–Kier alpha value is -0.990. The zero-order valence-electron chi connectivity index (χ0n) is 10.0. The number of imidazole rings is 1. The molecule has 1 saturated carbocycles. The highest BCUT2D eigenvalue weighted by atomic mass is 15.2. The van der Waals surface area contributed by atoms with E-state index in [0.29, 0.717) is 0 Å². The van der Waals surface area contributed by atoms with E-state index in [0.717, 1.165) is 11.6 Å². The van der Waals surface area contributed by atoms with E-state index in [1.807, 2.05) is 6.92 Å². The van der Waals surface area contributed by atoms with Crippen LogP contribution in [0.3, 0.4) is 0 Å². The van der Waals surface area contributed by atoms with Crippen LogP contribution in [0.15, 0.2) is 6.20 Å². The van der Waals surface area contributed by atoms with E-state index in [1.54, 1.807) is 0 Å². The summed E-state index contributed by atoms with van der Waals surface area (Å²) in [7, 11) is 2.05. The van der Waals surface area contributed by atoms with Gasteiger partial charge in [0.1, 0.15) is 0 Å². The van der Waals surface area contributed by atoms with E-state index >= 15 is 0 Å². The fraction of sp³-hybridized carbons (Fsp3) is 0.750. The molecule has 3 heteroatoms. The highest BCUT2D eigenvalue weighted by molar-refractivity contribution is 5.32. The predicted octanol–water partition coefficient (Wildman–Crippen LogP) is 2.86. The second kappa shape index (κ2) is 3.87. The molecule has 1 aliphatic carbocycles. The third kappa shape index (κ3) is 2.33. The molecule has 1 aromatic heterocycles. The van der Waals surface area contributed by atoms with Crippen LogP contribution in [0.5, 0.6) is 0 Å². The van der Waals surface area contributed by atoms with Gasteiger partial charge in [0.25, 0.3) is 0 Å². The first-order chi connectivity index (χ1) is 7.09. The summed E-state index contributed by atoms with van der Waals surface area (Å²) < 4.78 is 2.08. The van der Waals surface area contributed by atoms with Gasteiger partial charge in [-0.15, -0.1) is 0 Å². The number of rotatable bonds is 2. The molecule has 1 N–H and O–H groups in total. The molecule has 0 aliphatic heterocycles. The maximum absolute atomic E-state index is 4.50. The molecule has 0 spiro atoms. The Morgan fingerprint density at radius 1 is 1.33 bits per heavy atom. The lowest BCUT2D eigenvalue weighted by atomic mass is 9.83. The van der Waals surface area contributed by atoms with Crippen LogP contribution in [0, 0.1) is 6.92 Å². The molecule has 1 heterocycles. The third-order valence-electron chi connectivity index (χ3n) is 3.37. The van der Waals surface area contributed by atoms with Gasteiger partial charge in [0.2, 0.25) is 5.95 Å². The summed E-state index contributed by atoms with van der Waals surface area (Å²) in [6, 6.07) is 0. The van der Waals surface area contributed by atoms with Gasteiger partial charge < -0.3 is 9.88 Å². The average Bonchev–Trinajstić information content (AvgIpc) is 2.45. The molecular weight excluding hydrogens is 186 g/mol. The quantitative estimate of drug-likeness (QED) is 0.808. The fourth-order valence-corrected chi connectivity index (χ4v) is 2.46. The number of aromatic nitrogens is 2. The molecule has 0 unspecified atom stereocenters. The van der Waals surface area contributed by atoms with Crippen LogP contribution >= 0.6 is 0 Å². The molecular formula is C12H21N3. The Morgan fingerprint density at radius 2 is 2.00 bits per heavy atom. The summed E-state index contributed by atoms with van der Waals surface area (Å²) in [5.74, 6) is 1.01. The van der Waals surface area contributed by atoms with Gasteiger partial charge in [-0.05, 0) is 26.7 Å². The first kappa shape index (κ1) is 10.5. The lowest BCUT2D eigenvalue weighted by Gasteiger charge is -2.34. The molecule has 1 aromatic rings. The van der Waals surface area contributed by atoms with Crippen molar-refractivity contribution < 1.29 is 0 Å². The maximum Gasteiger partial charge on any atom is 0.203 e. The molecule has 1 aliphatic rings. The van der Waals surface area contributed by atoms with Crippen molar-refractivity contribution in [3.05, 3.63) is 11.9 Å². The van der Waals surface area contributed by atoms with Crippen LogP contribution in [0.2, 0.25) is 0 Å². The fourth-order valence-electron chi connectivity index (χ4n) is 2.46. The van der Waals surface area contributed by atoms with Gasteiger partial charge in [-0.3, -0.25) is 0 Å². The van der Waals surface area contributed by atoms with Crippen molar-refractivity contribution >= 4 is 5.95 Å².